The predicted molar refractivity (Wildman–Crippen MR) is 177 cm³/mol. The minimum Gasteiger partial charge on any atom is -0.346 e. The second kappa shape index (κ2) is 15.4. The molecule has 0 aliphatic heterocycles. The minimum absolute atomic E-state index is 0. The summed E-state index contributed by atoms with van der Waals surface area (Å²) in [7, 11) is 3.52. The van der Waals surface area contributed by atoms with E-state index in [1.54, 1.807) is 32.3 Å². The molecule has 210 valence electrons. The van der Waals surface area contributed by atoms with Crippen molar-refractivity contribution in [2.45, 2.75) is 0 Å². The van der Waals surface area contributed by atoms with Gasteiger partial charge in [-0.05, 0) is 57.2 Å². The maximum absolute atomic E-state index is 4.55. The van der Waals surface area contributed by atoms with E-state index in [1.165, 1.54) is 0 Å². The number of hydrogen-bond acceptors (Lipinski definition) is 3. The molecule has 0 amide bonds. The average Bonchev–Trinajstić information content (AvgIpc) is 3.02. The molecule has 0 fully saturated rings. The summed E-state index contributed by atoms with van der Waals surface area (Å²) in [6.07, 6.45) is 7.11. The van der Waals surface area contributed by atoms with Crippen LogP contribution in [0.1, 0.15) is 11.1 Å². The van der Waals surface area contributed by atoms with Gasteiger partial charge in [0.2, 0.25) is 0 Å². The van der Waals surface area contributed by atoms with Crippen LogP contribution in [0, 0.1) is 12.1 Å². The number of anilines is 3. The van der Waals surface area contributed by atoms with Crippen LogP contribution in [0.5, 0.6) is 0 Å². The maximum atomic E-state index is 4.55. The smallest absolute Gasteiger partial charge is 0.346 e. The van der Waals surface area contributed by atoms with E-state index in [9.17, 15) is 0 Å². The maximum Gasteiger partial charge on any atom is 2.00 e. The number of allylic oxidation sites excluding steroid dienone is 6. The zero-order chi connectivity index (χ0) is 29.2. The molecule has 4 aromatic carbocycles. The summed E-state index contributed by atoms with van der Waals surface area (Å²) in [6.45, 7) is 15.8. The number of hydrogen-bond donors (Lipinski definition) is 0. The number of nitrogens with zero attached hydrogens (tertiary/aromatic N) is 3. The Morgan fingerprint density at radius 1 is 0.667 bits per heavy atom. The number of aliphatic imine (C=N–C) groups is 2. The normalized spacial score (nSPS) is 11.7. The van der Waals surface area contributed by atoms with Gasteiger partial charge in [-0.3, -0.25) is 0 Å². The summed E-state index contributed by atoms with van der Waals surface area (Å²) in [5, 5.41) is 0. The van der Waals surface area contributed by atoms with Crippen molar-refractivity contribution < 1.29 is 21.1 Å². The molecule has 0 heterocycles. The molecule has 3 nitrogen and oxygen atoms in total. The molecule has 4 heteroatoms. The third-order valence-electron chi connectivity index (χ3n) is 6.57. The third kappa shape index (κ3) is 7.18. The molecule has 0 aliphatic carbocycles. The van der Waals surface area contributed by atoms with Crippen LogP contribution in [0.25, 0.3) is 11.1 Å². The van der Waals surface area contributed by atoms with E-state index in [0.29, 0.717) is 0 Å². The average molecular weight is 727 g/mol. The fourth-order valence-electron chi connectivity index (χ4n) is 4.60. The molecule has 0 aliphatic rings. The van der Waals surface area contributed by atoms with Crippen molar-refractivity contribution >= 4 is 28.5 Å². The van der Waals surface area contributed by atoms with Gasteiger partial charge in [-0.2, -0.15) is 0 Å². The molecule has 0 unspecified atom stereocenters. The summed E-state index contributed by atoms with van der Waals surface area (Å²) in [4.78, 5) is 11.1. The molecule has 0 saturated heterocycles. The number of benzene rings is 4. The van der Waals surface area contributed by atoms with Gasteiger partial charge in [0.25, 0.3) is 0 Å². The van der Waals surface area contributed by atoms with Gasteiger partial charge in [-0.1, -0.05) is 93.1 Å². The molecule has 0 N–H and O–H groups in total. The Bertz CT molecular complexity index is 1660. The molecule has 0 atom stereocenters. The van der Waals surface area contributed by atoms with Crippen LogP contribution in [0.2, 0.25) is 0 Å². The molecular formula is C38H33N3Pt. The van der Waals surface area contributed by atoms with Gasteiger partial charge in [-0.25, -0.2) is 0 Å². The van der Waals surface area contributed by atoms with Gasteiger partial charge in [-0.15, -0.1) is 59.7 Å². The van der Waals surface area contributed by atoms with Crippen LogP contribution in [0.3, 0.4) is 0 Å². The summed E-state index contributed by atoms with van der Waals surface area (Å²) >= 11 is 0. The molecule has 0 radical (unpaired) electrons. The molecule has 4 rings (SSSR count). The fraction of sp³-hybridized carbons (Fsp3) is 0.0526. The standard InChI is InChI=1S/C38H33N3.Pt/c1-7-15-29(9-3)38(40-6)33-19-14-21-36(27-33)41(34-24-22-31(23-25-34)30-16-11-10-12-17-30)35-20-13-18-32(26-35)37(39-5)28(4)8-2;/h7-25H,1-4H2,5-6H3;/q-2;+2/b29-15+,39-37?,40-38?;. The first-order valence-corrected chi connectivity index (χ1v) is 13.3. The Kier molecular flexibility index (Phi) is 11.7. The van der Waals surface area contributed by atoms with E-state index in [0.717, 1.165) is 61.9 Å². The van der Waals surface area contributed by atoms with E-state index < -0.39 is 0 Å². The molecule has 0 spiro atoms. The fourth-order valence-corrected chi connectivity index (χ4v) is 4.60. The van der Waals surface area contributed by atoms with Gasteiger partial charge in [0.15, 0.2) is 0 Å². The van der Waals surface area contributed by atoms with Gasteiger partial charge in [0, 0.05) is 19.8 Å². The van der Waals surface area contributed by atoms with Crippen molar-refractivity contribution in [3.8, 4) is 11.1 Å². The van der Waals surface area contributed by atoms with Crippen LogP contribution in [0.4, 0.5) is 17.1 Å². The van der Waals surface area contributed by atoms with Crippen molar-refractivity contribution in [2.75, 3.05) is 19.0 Å². The zero-order valence-corrected chi connectivity index (χ0v) is 26.2. The van der Waals surface area contributed by atoms with Gasteiger partial charge >= 0.3 is 21.1 Å². The predicted octanol–water partition coefficient (Wildman–Crippen LogP) is 9.30. The minimum atomic E-state index is 0. The van der Waals surface area contributed by atoms with Gasteiger partial charge < -0.3 is 14.9 Å². The summed E-state index contributed by atoms with van der Waals surface area (Å²) in [5.41, 5.74) is 9.73. The Labute approximate surface area is 264 Å². The van der Waals surface area contributed by atoms with Gasteiger partial charge in [0.05, 0.1) is 0 Å². The molecule has 42 heavy (non-hydrogen) atoms. The summed E-state index contributed by atoms with van der Waals surface area (Å²) in [6, 6.07) is 38.0. The van der Waals surface area contributed by atoms with Crippen LogP contribution < -0.4 is 4.90 Å². The Morgan fingerprint density at radius 3 is 1.71 bits per heavy atom. The van der Waals surface area contributed by atoms with E-state index in [2.05, 4.69) is 89.7 Å². The van der Waals surface area contributed by atoms with Crippen molar-refractivity contribution in [2.24, 2.45) is 9.98 Å². The summed E-state index contributed by atoms with van der Waals surface area (Å²) in [5.74, 6) is 0. The van der Waals surface area contributed by atoms with Crippen LogP contribution in [-0.4, -0.2) is 25.5 Å². The van der Waals surface area contributed by atoms with Crippen LogP contribution in [0.15, 0.2) is 163 Å². The van der Waals surface area contributed by atoms with Crippen molar-refractivity contribution in [1.82, 2.24) is 0 Å². The van der Waals surface area contributed by atoms with Crippen molar-refractivity contribution in [3.05, 3.63) is 176 Å². The van der Waals surface area contributed by atoms with Crippen molar-refractivity contribution in [1.29, 1.82) is 0 Å². The topological polar surface area (TPSA) is 28.0 Å². The van der Waals surface area contributed by atoms with E-state index in [4.69, 9.17) is 0 Å². The Morgan fingerprint density at radius 2 is 1.21 bits per heavy atom. The first-order valence-electron chi connectivity index (χ1n) is 13.3. The molecule has 0 saturated carbocycles. The first-order chi connectivity index (χ1) is 20.0. The van der Waals surface area contributed by atoms with E-state index >= 15 is 0 Å². The van der Waals surface area contributed by atoms with E-state index in [-0.39, 0.29) is 21.1 Å². The quantitative estimate of drug-likeness (QED) is 0.0861. The van der Waals surface area contributed by atoms with Crippen LogP contribution in [-0.2, 0) is 21.1 Å². The second-order valence-electron chi connectivity index (χ2n) is 9.08. The molecule has 0 aromatic heterocycles. The first kappa shape index (κ1) is 31.9. The van der Waals surface area contributed by atoms with E-state index in [1.807, 2.05) is 60.7 Å². The van der Waals surface area contributed by atoms with Gasteiger partial charge in [0.1, 0.15) is 0 Å². The summed E-state index contributed by atoms with van der Waals surface area (Å²) < 4.78 is 0. The molecule has 0 bridgehead atoms. The number of rotatable bonds is 11. The largest absolute Gasteiger partial charge is 2.00 e. The second-order valence-corrected chi connectivity index (χ2v) is 9.08. The van der Waals surface area contributed by atoms with Crippen LogP contribution >= 0.6 is 0 Å². The van der Waals surface area contributed by atoms with Crippen molar-refractivity contribution in [3.63, 3.8) is 0 Å². The monoisotopic (exact) mass is 726 g/mol. The zero-order valence-electron chi connectivity index (χ0n) is 24.0. The SMILES string of the molecule is C=C/C=C(\C=C)C(=NC)c1[c-]c(N(c2[c-]c(C(=NC)C(=C)C=C)ccc2)c2ccc(-c3ccccc3)cc2)ccc1.[Pt+2]. The Balaban J connectivity index is 0.00000484. The molecule has 4 aromatic rings. The Hall–Kier alpha value is -4.59. The third-order valence-corrected chi connectivity index (χ3v) is 6.57. The molecular weight excluding hydrogens is 694 g/mol.